The van der Waals surface area contributed by atoms with Gasteiger partial charge in [0, 0.05) is 35.8 Å². The highest BCUT2D eigenvalue weighted by atomic mass is 35.5. The summed E-state index contributed by atoms with van der Waals surface area (Å²) in [5.74, 6) is -1.54. The van der Waals surface area contributed by atoms with Crippen LogP contribution in [0.2, 0.25) is 5.02 Å². The van der Waals surface area contributed by atoms with E-state index >= 15 is 0 Å². The van der Waals surface area contributed by atoms with E-state index in [1.165, 1.54) is 0 Å². The first kappa shape index (κ1) is 28.6. The van der Waals surface area contributed by atoms with Crippen LogP contribution < -0.4 is 5.32 Å². The van der Waals surface area contributed by atoms with Crippen molar-refractivity contribution in [2.24, 2.45) is 0 Å². The summed E-state index contributed by atoms with van der Waals surface area (Å²) in [6.45, 7) is 2.74. The third kappa shape index (κ3) is 7.36. The number of carboxylic acids is 1. The van der Waals surface area contributed by atoms with Crippen molar-refractivity contribution in [2.75, 3.05) is 13.1 Å². The number of hydrogen-bond donors (Lipinski definition) is 2. The number of amides is 2. The normalized spacial score (nSPS) is 11.4. The standard InChI is InChI=1S/C33H31ClN2O4/c1-23(25-11-3-2-4-12-25)22-36(19-18-31(37)38)33(40)30-17-8-6-15-28(30)27-14-5-7-16-29(27)32(39)35-21-24-10-9-13-26(34)20-24/h2-17,20,23H,18-19,21-22H2,1H3,(H,35,39)(H,37,38). The molecule has 0 bridgehead atoms. The van der Waals surface area contributed by atoms with Crippen molar-refractivity contribution >= 4 is 29.4 Å². The van der Waals surface area contributed by atoms with Crippen molar-refractivity contribution in [1.29, 1.82) is 0 Å². The Morgan fingerprint density at radius 2 is 1.45 bits per heavy atom. The number of aliphatic carboxylic acids is 1. The minimum Gasteiger partial charge on any atom is -0.481 e. The summed E-state index contributed by atoms with van der Waals surface area (Å²) < 4.78 is 0. The van der Waals surface area contributed by atoms with Gasteiger partial charge in [0.1, 0.15) is 0 Å². The van der Waals surface area contributed by atoms with Gasteiger partial charge in [-0.1, -0.05) is 97.4 Å². The molecule has 2 N–H and O–H groups in total. The third-order valence-corrected chi connectivity index (χ3v) is 6.94. The fraction of sp³-hybridized carbons (Fsp3) is 0.182. The maximum atomic E-state index is 14.0. The number of nitrogens with zero attached hydrogens (tertiary/aromatic N) is 1. The smallest absolute Gasteiger partial charge is 0.305 e. The van der Waals surface area contributed by atoms with Crippen molar-refractivity contribution in [2.45, 2.75) is 25.8 Å². The summed E-state index contributed by atoms with van der Waals surface area (Å²) in [4.78, 5) is 40.3. The number of halogens is 1. The zero-order valence-corrected chi connectivity index (χ0v) is 23.0. The van der Waals surface area contributed by atoms with Crippen molar-refractivity contribution in [1.82, 2.24) is 10.2 Å². The van der Waals surface area contributed by atoms with Crippen LogP contribution in [0, 0.1) is 0 Å². The van der Waals surface area contributed by atoms with Gasteiger partial charge in [-0.15, -0.1) is 0 Å². The van der Waals surface area contributed by atoms with Gasteiger partial charge in [-0.2, -0.15) is 0 Å². The molecule has 7 heteroatoms. The molecule has 1 atom stereocenters. The van der Waals surface area contributed by atoms with Crippen LogP contribution in [-0.4, -0.2) is 40.9 Å². The van der Waals surface area contributed by atoms with Gasteiger partial charge in [0.05, 0.1) is 6.42 Å². The average molecular weight is 555 g/mol. The molecule has 0 heterocycles. The molecule has 1 unspecified atom stereocenters. The molecule has 0 aliphatic carbocycles. The Balaban J connectivity index is 1.63. The van der Waals surface area contributed by atoms with E-state index in [0.29, 0.717) is 40.4 Å². The van der Waals surface area contributed by atoms with Crippen LogP contribution in [0.4, 0.5) is 0 Å². The van der Waals surface area contributed by atoms with E-state index < -0.39 is 5.97 Å². The molecular formula is C33H31ClN2O4. The van der Waals surface area contributed by atoms with E-state index in [1.807, 2.05) is 73.7 Å². The lowest BCUT2D eigenvalue weighted by Gasteiger charge is -2.27. The van der Waals surface area contributed by atoms with E-state index in [-0.39, 0.29) is 30.7 Å². The van der Waals surface area contributed by atoms with Gasteiger partial charge in [-0.3, -0.25) is 14.4 Å². The Bertz CT molecular complexity index is 1490. The van der Waals surface area contributed by atoms with Gasteiger partial charge in [0.25, 0.3) is 11.8 Å². The number of hydrogen-bond acceptors (Lipinski definition) is 3. The molecular weight excluding hydrogens is 524 g/mol. The first-order valence-corrected chi connectivity index (χ1v) is 13.5. The lowest BCUT2D eigenvalue weighted by Crippen LogP contribution is -2.36. The van der Waals surface area contributed by atoms with Crippen LogP contribution in [0.1, 0.15) is 51.1 Å². The van der Waals surface area contributed by atoms with E-state index in [4.69, 9.17) is 11.6 Å². The maximum Gasteiger partial charge on any atom is 0.305 e. The molecule has 0 radical (unpaired) electrons. The monoisotopic (exact) mass is 554 g/mol. The number of carboxylic acid groups (broad SMARTS) is 1. The second-order valence-electron chi connectivity index (χ2n) is 9.61. The van der Waals surface area contributed by atoms with Crippen LogP contribution in [0.3, 0.4) is 0 Å². The summed E-state index contributed by atoms with van der Waals surface area (Å²) >= 11 is 6.08. The predicted octanol–water partition coefficient (Wildman–Crippen LogP) is 6.66. The molecule has 0 fully saturated rings. The first-order valence-electron chi connectivity index (χ1n) is 13.1. The molecule has 2 amide bonds. The Kier molecular flexibility index (Phi) is 9.71. The Labute approximate surface area is 239 Å². The SMILES string of the molecule is CC(CN(CCC(=O)O)C(=O)c1ccccc1-c1ccccc1C(=O)NCc1cccc(Cl)c1)c1ccccc1. The molecule has 204 valence electrons. The maximum absolute atomic E-state index is 14.0. The minimum absolute atomic E-state index is 0.00402. The molecule has 40 heavy (non-hydrogen) atoms. The van der Waals surface area contributed by atoms with E-state index in [9.17, 15) is 19.5 Å². The van der Waals surface area contributed by atoms with Crippen LogP contribution in [0.15, 0.2) is 103 Å². The third-order valence-electron chi connectivity index (χ3n) is 6.71. The van der Waals surface area contributed by atoms with E-state index in [2.05, 4.69) is 5.32 Å². The molecule has 0 saturated carbocycles. The first-order chi connectivity index (χ1) is 19.3. The molecule has 0 aliphatic rings. The second kappa shape index (κ2) is 13.6. The van der Waals surface area contributed by atoms with Crippen molar-refractivity contribution in [3.05, 3.63) is 130 Å². The Morgan fingerprint density at radius 3 is 2.12 bits per heavy atom. The lowest BCUT2D eigenvalue weighted by molar-refractivity contribution is -0.137. The van der Waals surface area contributed by atoms with Gasteiger partial charge >= 0.3 is 5.97 Å². The number of carbonyl (C=O) groups excluding carboxylic acids is 2. The molecule has 6 nitrogen and oxygen atoms in total. The van der Waals surface area contributed by atoms with Crippen molar-refractivity contribution < 1.29 is 19.5 Å². The summed E-state index contributed by atoms with van der Waals surface area (Å²) in [5.41, 5.74) is 3.99. The highest BCUT2D eigenvalue weighted by molar-refractivity contribution is 6.30. The number of rotatable bonds is 11. The summed E-state index contributed by atoms with van der Waals surface area (Å²) in [6, 6.07) is 31.4. The fourth-order valence-corrected chi connectivity index (χ4v) is 4.85. The second-order valence-corrected chi connectivity index (χ2v) is 10.0. The largest absolute Gasteiger partial charge is 0.481 e. The Morgan fingerprint density at radius 1 is 0.825 bits per heavy atom. The summed E-state index contributed by atoms with van der Waals surface area (Å²) in [5, 5.41) is 12.9. The fourth-order valence-electron chi connectivity index (χ4n) is 4.64. The minimum atomic E-state index is -0.972. The number of carbonyl (C=O) groups is 3. The Hall–Kier alpha value is -4.42. The molecule has 0 spiro atoms. The average Bonchev–Trinajstić information content (AvgIpc) is 2.98. The van der Waals surface area contributed by atoms with Gasteiger partial charge in [-0.05, 0) is 52.4 Å². The van der Waals surface area contributed by atoms with Gasteiger partial charge in [-0.25, -0.2) is 0 Å². The highest BCUT2D eigenvalue weighted by Gasteiger charge is 2.24. The lowest BCUT2D eigenvalue weighted by atomic mass is 9.93. The van der Waals surface area contributed by atoms with Crippen LogP contribution in [-0.2, 0) is 11.3 Å². The summed E-state index contributed by atoms with van der Waals surface area (Å²) in [6.07, 6.45) is -0.169. The predicted molar refractivity (Wildman–Crippen MR) is 158 cm³/mol. The topological polar surface area (TPSA) is 86.7 Å². The number of nitrogens with one attached hydrogen (secondary N) is 1. The number of benzene rings is 4. The zero-order chi connectivity index (χ0) is 28.5. The summed E-state index contributed by atoms with van der Waals surface area (Å²) in [7, 11) is 0. The molecule has 4 rings (SSSR count). The molecule has 4 aromatic rings. The highest BCUT2D eigenvalue weighted by Crippen LogP contribution is 2.29. The van der Waals surface area contributed by atoms with Gasteiger partial charge < -0.3 is 15.3 Å². The van der Waals surface area contributed by atoms with Crippen LogP contribution >= 0.6 is 11.6 Å². The van der Waals surface area contributed by atoms with Crippen LogP contribution in [0.5, 0.6) is 0 Å². The molecule has 0 aromatic heterocycles. The van der Waals surface area contributed by atoms with Crippen molar-refractivity contribution in [3.8, 4) is 11.1 Å². The molecule has 4 aromatic carbocycles. The molecule has 0 saturated heterocycles. The van der Waals surface area contributed by atoms with Crippen molar-refractivity contribution in [3.63, 3.8) is 0 Å². The molecule has 0 aliphatic heterocycles. The van der Waals surface area contributed by atoms with Gasteiger partial charge in [0.15, 0.2) is 0 Å². The van der Waals surface area contributed by atoms with E-state index in [0.717, 1.165) is 11.1 Å². The van der Waals surface area contributed by atoms with Crippen LogP contribution in [0.25, 0.3) is 11.1 Å². The van der Waals surface area contributed by atoms with E-state index in [1.54, 1.807) is 41.3 Å². The zero-order valence-electron chi connectivity index (χ0n) is 22.2. The quantitative estimate of drug-likeness (QED) is 0.217. The van der Waals surface area contributed by atoms with Gasteiger partial charge in [0.2, 0.25) is 0 Å².